The van der Waals surface area contributed by atoms with Crippen molar-refractivity contribution in [3.8, 4) is 0 Å². The highest BCUT2D eigenvalue weighted by Gasteiger charge is 1.94. The van der Waals surface area contributed by atoms with E-state index < -0.39 is 0 Å². The molecule has 0 aliphatic carbocycles. The normalized spacial score (nSPS) is 7.88. The SMILES string of the molecule is CC(=O)OCCOC(C)=O.COC.OCCO. The van der Waals surface area contributed by atoms with Crippen molar-refractivity contribution in [1.29, 1.82) is 0 Å². The number of hydrogen-bond donors (Lipinski definition) is 2. The van der Waals surface area contributed by atoms with Crippen LogP contribution in [0.3, 0.4) is 0 Å². The predicted molar refractivity (Wildman–Crippen MR) is 60.4 cm³/mol. The summed E-state index contributed by atoms with van der Waals surface area (Å²) in [5, 5.41) is 15.2. The third-order valence-corrected chi connectivity index (χ3v) is 0.794. The first-order valence-electron chi connectivity index (χ1n) is 4.84. The Morgan fingerprint density at radius 3 is 1.24 bits per heavy atom. The highest BCUT2D eigenvalue weighted by atomic mass is 16.6. The van der Waals surface area contributed by atoms with Gasteiger partial charge in [0.05, 0.1) is 13.2 Å². The van der Waals surface area contributed by atoms with Crippen LogP contribution in [0.25, 0.3) is 0 Å². The largest absolute Gasteiger partial charge is 0.462 e. The van der Waals surface area contributed by atoms with Crippen molar-refractivity contribution in [2.24, 2.45) is 0 Å². The van der Waals surface area contributed by atoms with Gasteiger partial charge in [0.1, 0.15) is 13.2 Å². The second-order valence-electron chi connectivity index (χ2n) is 2.54. The van der Waals surface area contributed by atoms with Gasteiger partial charge in [0.15, 0.2) is 0 Å². The summed E-state index contributed by atoms with van der Waals surface area (Å²) in [5.41, 5.74) is 0. The van der Waals surface area contributed by atoms with Crippen molar-refractivity contribution in [2.45, 2.75) is 13.8 Å². The van der Waals surface area contributed by atoms with Crippen molar-refractivity contribution in [1.82, 2.24) is 0 Å². The van der Waals surface area contributed by atoms with E-state index in [1.165, 1.54) is 13.8 Å². The second-order valence-corrected chi connectivity index (χ2v) is 2.54. The third kappa shape index (κ3) is 52.4. The molecule has 7 nitrogen and oxygen atoms in total. The Morgan fingerprint density at radius 2 is 1.12 bits per heavy atom. The fraction of sp³-hybridized carbons (Fsp3) is 0.800. The molecule has 0 fully saturated rings. The molecular weight excluding hydrogens is 232 g/mol. The summed E-state index contributed by atoms with van der Waals surface area (Å²) < 4.78 is 13.2. The maximum Gasteiger partial charge on any atom is 0.302 e. The molecule has 0 bridgehead atoms. The van der Waals surface area contributed by atoms with Gasteiger partial charge in [0.25, 0.3) is 0 Å². The molecule has 0 unspecified atom stereocenters. The highest BCUT2D eigenvalue weighted by molar-refractivity contribution is 5.66. The lowest BCUT2D eigenvalue weighted by molar-refractivity contribution is -0.149. The number of carbonyl (C=O) groups excluding carboxylic acids is 2. The Kier molecular flexibility index (Phi) is 25.2. The number of hydrogen-bond acceptors (Lipinski definition) is 7. The standard InChI is InChI=1S/C6H10O4.C2H6O2.C2H6O/c1-5(7)9-3-4-10-6(2)8;3-1-2-4;1-3-2/h3-4H2,1-2H3;3-4H,1-2H2;1-2H3. The van der Waals surface area contributed by atoms with E-state index in [9.17, 15) is 9.59 Å². The van der Waals surface area contributed by atoms with Crippen LogP contribution in [-0.4, -0.2) is 62.8 Å². The van der Waals surface area contributed by atoms with Crippen LogP contribution in [0.4, 0.5) is 0 Å². The van der Waals surface area contributed by atoms with Crippen molar-refractivity contribution < 1.29 is 34.0 Å². The molecule has 0 saturated carbocycles. The summed E-state index contributed by atoms with van der Waals surface area (Å²) in [6, 6.07) is 0. The summed E-state index contributed by atoms with van der Waals surface area (Å²) in [5.74, 6) is -0.737. The molecule has 2 N–H and O–H groups in total. The minimum absolute atomic E-state index is 0.125. The molecule has 0 amide bonds. The van der Waals surface area contributed by atoms with Crippen LogP contribution < -0.4 is 0 Å². The molecule has 0 rings (SSSR count). The number of methoxy groups -OCH3 is 1. The molecule has 0 aromatic heterocycles. The van der Waals surface area contributed by atoms with Gasteiger partial charge in [-0.15, -0.1) is 0 Å². The quantitative estimate of drug-likeness (QED) is 0.507. The van der Waals surface area contributed by atoms with E-state index >= 15 is 0 Å². The number of carbonyl (C=O) groups is 2. The Labute approximate surface area is 101 Å². The number of rotatable bonds is 4. The zero-order chi connectivity index (χ0) is 14.1. The average Bonchev–Trinajstić information content (AvgIpc) is 2.25. The number of aliphatic hydroxyl groups is 2. The molecule has 0 radical (unpaired) electrons. The van der Waals surface area contributed by atoms with Gasteiger partial charge in [-0.3, -0.25) is 9.59 Å². The van der Waals surface area contributed by atoms with Gasteiger partial charge in [-0.05, 0) is 0 Å². The highest BCUT2D eigenvalue weighted by Crippen LogP contribution is 1.79. The van der Waals surface area contributed by atoms with Crippen molar-refractivity contribution in [2.75, 3.05) is 40.6 Å². The summed E-state index contributed by atoms with van der Waals surface area (Å²) in [7, 11) is 3.25. The van der Waals surface area contributed by atoms with Crippen LogP contribution in [-0.2, 0) is 23.8 Å². The molecule has 0 aliphatic heterocycles. The van der Waals surface area contributed by atoms with E-state index in [1.54, 1.807) is 14.2 Å². The molecule has 0 spiro atoms. The molecular formula is C10H22O7. The average molecular weight is 254 g/mol. The fourth-order valence-corrected chi connectivity index (χ4v) is 0.371. The first-order valence-corrected chi connectivity index (χ1v) is 4.84. The topological polar surface area (TPSA) is 102 Å². The van der Waals surface area contributed by atoms with Crippen LogP contribution in [0.2, 0.25) is 0 Å². The van der Waals surface area contributed by atoms with Gasteiger partial charge in [-0.2, -0.15) is 0 Å². The van der Waals surface area contributed by atoms with Crippen molar-refractivity contribution in [3.05, 3.63) is 0 Å². The van der Waals surface area contributed by atoms with Gasteiger partial charge in [0.2, 0.25) is 0 Å². The van der Waals surface area contributed by atoms with E-state index in [0.29, 0.717) is 0 Å². The summed E-state index contributed by atoms with van der Waals surface area (Å²) in [6.45, 7) is 2.62. The Balaban J connectivity index is -0.000000232. The number of aliphatic hydroxyl groups excluding tert-OH is 2. The second kappa shape index (κ2) is 20.3. The molecule has 0 saturated heterocycles. The van der Waals surface area contributed by atoms with Gasteiger partial charge < -0.3 is 24.4 Å². The summed E-state index contributed by atoms with van der Waals surface area (Å²) in [4.78, 5) is 20.3. The third-order valence-electron chi connectivity index (χ3n) is 0.794. The first-order chi connectivity index (χ1) is 7.95. The van der Waals surface area contributed by atoms with Crippen molar-refractivity contribution in [3.63, 3.8) is 0 Å². The van der Waals surface area contributed by atoms with Gasteiger partial charge in [-0.1, -0.05) is 0 Å². The van der Waals surface area contributed by atoms with Gasteiger partial charge >= 0.3 is 11.9 Å². The van der Waals surface area contributed by atoms with Crippen LogP contribution in [0.15, 0.2) is 0 Å². The lowest BCUT2D eigenvalue weighted by atomic mass is 10.7. The summed E-state index contributed by atoms with van der Waals surface area (Å²) >= 11 is 0. The fourth-order valence-electron chi connectivity index (χ4n) is 0.371. The molecule has 0 aliphatic rings. The van der Waals surface area contributed by atoms with E-state index in [-0.39, 0.29) is 38.4 Å². The molecule has 104 valence electrons. The maximum atomic E-state index is 10.1. The van der Waals surface area contributed by atoms with E-state index in [0.717, 1.165) is 0 Å². The molecule has 0 atom stereocenters. The zero-order valence-electron chi connectivity index (χ0n) is 10.8. The van der Waals surface area contributed by atoms with Crippen LogP contribution >= 0.6 is 0 Å². The lowest BCUT2D eigenvalue weighted by Crippen LogP contribution is -2.09. The van der Waals surface area contributed by atoms with E-state index in [1.807, 2.05) is 0 Å². The van der Waals surface area contributed by atoms with E-state index in [2.05, 4.69) is 14.2 Å². The minimum Gasteiger partial charge on any atom is -0.462 e. The van der Waals surface area contributed by atoms with Crippen LogP contribution in [0.1, 0.15) is 13.8 Å². The molecule has 0 aromatic carbocycles. The first kappa shape index (κ1) is 21.1. The zero-order valence-corrected chi connectivity index (χ0v) is 10.8. The minimum atomic E-state index is -0.368. The smallest absolute Gasteiger partial charge is 0.302 e. The monoisotopic (exact) mass is 254 g/mol. The van der Waals surface area contributed by atoms with Crippen LogP contribution in [0, 0.1) is 0 Å². The Bertz CT molecular complexity index is 152. The van der Waals surface area contributed by atoms with Crippen molar-refractivity contribution >= 4 is 11.9 Å². The summed E-state index contributed by atoms with van der Waals surface area (Å²) in [6.07, 6.45) is 0. The molecule has 17 heavy (non-hydrogen) atoms. The van der Waals surface area contributed by atoms with E-state index in [4.69, 9.17) is 10.2 Å². The maximum absolute atomic E-state index is 10.1. The molecule has 7 heteroatoms. The predicted octanol–water partition coefficient (Wildman–Crippen LogP) is -0.654. The van der Waals surface area contributed by atoms with Gasteiger partial charge in [0, 0.05) is 28.1 Å². The number of esters is 2. The Hall–Kier alpha value is -1.18. The van der Waals surface area contributed by atoms with Crippen LogP contribution in [0.5, 0.6) is 0 Å². The number of ether oxygens (including phenoxy) is 3. The lowest BCUT2D eigenvalue weighted by Gasteiger charge is -2.00. The molecule has 0 aromatic rings. The Morgan fingerprint density at radius 1 is 0.882 bits per heavy atom. The molecule has 0 heterocycles. The van der Waals surface area contributed by atoms with Gasteiger partial charge in [-0.25, -0.2) is 0 Å².